The topological polar surface area (TPSA) is 88.3 Å². The maximum absolute atomic E-state index is 10.7. The summed E-state index contributed by atoms with van der Waals surface area (Å²) in [5.41, 5.74) is 0.330. The summed E-state index contributed by atoms with van der Waals surface area (Å²) in [7, 11) is 0. The van der Waals surface area contributed by atoms with Crippen LogP contribution in [0.15, 0.2) is 18.3 Å². The molecule has 1 fully saturated rings. The molecule has 1 saturated carbocycles. The number of nitrogens with zero attached hydrogens (tertiary/aromatic N) is 2. The number of nitrogens with one attached hydrogen (secondary N) is 1. The Balaban J connectivity index is 2.06. The normalized spacial score (nSPS) is 16.8. The first-order valence-corrected chi connectivity index (χ1v) is 5.11. The van der Waals surface area contributed by atoms with Crippen LogP contribution in [-0.2, 0) is 0 Å². The van der Waals surface area contributed by atoms with Crippen molar-refractivity contribution in [2.24, 2.45) is 5.41 Å². The van der Waals surface area contributed by atoms with E-state index in [-0.39, 0.29) is 17.8 Å². The van der Waals surface area contributed by atoms with Crippen LogP contribution in [0.1, 0.15) is 12.8 Å². The maximum Gasteiger partial charge on any atom is 0.386 e. The molecule has 0 aliphatic heterocycles. The van der Waals surface area contributed by atoms with Crippen molar-refractivity contribution < 1.29 is 10.0 Å². The molecule has 0 radical (unpaired) electrons. The zero-order chi connectivity index (χ0) is 11.6. The van der Waals surface area contributed by atoms with E-state index < -0.39 is 4.92 Å². The first-order chi connectivity index (χ1) is 7.67. The van der Waals surface area contributed by atoms with Gasteiger partial charge >= 0.3 is 5.82 Å². The van der Waals surface area contributed by atoms with E-state index >= 15 is 0 Å². The fourth-order valence-corrected chi connectivity index (χ4v) is 1.53. The van der Waals surface area contributed by atoms with E-state index in [2.05, 4.69) is 10.3 Å². The third kappa shape index (κ3) is 2.11. The second kappa shape index (κ2) is 4.05. The quantitative estimate of drug-likeness (QED) is 0.578. The Kier molecular flexibility index (Phi) is 2.74. The first-order valence-electron chi connectivity index (χ1n) is 5.11. The van der Waals surface area contributed by atoms with Crippen LogP contribution in [0.25, 0.3) is 0 Å². The van der Waals surface area contributed by atoms with Gasteiger partial charge in [0, 0.05) is 12.0 Å². The molecule has 1 aliphatic carbocycles. The summed E-state index contributed by atoms with van der Waals surface area (Å²) in [6, 6.07) is 3.27. The largest absolute Gasteiger partial charge is 0.396 e. The summed E-state index contributed by atoms with van der Waals surface area (Å²) in [5, 5.41) is 22.8. The number of hydrogen-bond acceptors (Lipinski definition) is 5. The minimum absolute atomic E-state index is 0.0797. The smallest absolute Gasteiger partial charge is 0.386 e. The van der Waals surface area contributed by atoms with Gasteiger partial charge in [0.2, 0.25) is 0 Å². The van der Waals surface area contributed by atoms with E-state index in [0.29, 0.717) is 12.2 Å². The van der Waals surface area contributed by atoms with Gasteiger partial charge in [0.05, 0.1) is 6.61 Å². The van der Waals surface area contributed by atoms with Gasteiger partial charge in [-0.05, 0) is 34.9 Å². The zero-order valence-electron chi connectivity index (χ0n) is 8.72. The van der Waals surface area contributed by atoms with Crippen LogP contribution in [0.5, 0.6) is 0 Å². The first kappa shape index (κ1) is 10.8. The molecule has 1 aliphatic rings. The average Bonchev–Trinajstić information content (AvgIpc) is 3.07. The molecule has 6 heteroatoms. The fraction of sp³-hybridized carbons (Fsp3) is 0.500. The molecule has 2 rings (SSSR count). The van der Waals surface area contributed by atoms with E-state index in [1.54, 1.807) is 12.1 Å². The van der Waals surface area contributed by atoms with E-state index in [0.717, 1.165) is 12.8 Å². The molecule has 1 aromatic rings. The highest BCUT2D eigenvalue weighted by molar-refractivity contribution is 5.56. The Bertz CT molecular complexity index is 404. The number of pyridine rings is 1. The Morgan fingerprint density at radius 3 is 2.94 bits per heavy atom. The van der Waals surface area contributed by atoms with Gasteiger partial charge in [0.15, 0.2) is 0 Å². The van der Waals surface area contributed by atoms with E-state index in [1.165, 1.54) is 6.20 Å². The van der Waals surface area contributed by atoms with Crippen molar-refractivity contribution in [2.75, 3.05) is 18.5 Å². The molecule has 0 spiro atoms. The van der Waals surface area contributed by atoms with Crippen LogP contribution in [-0.4, -0.2) is 28.2 Å². The van der Waals surface area contributed by atoms with Crippen LogP contribution >= 0.6 is 0 Å². The lowest BCUT2D eigenvalue weighted by Crippen LogP contribution is -2.19. The van der Waals surface area contributed by atoms with E-state index in [1.807, 2.05) is 0 Å². The van der Waals surface area contributed by atoms with Crippen molar-refractivity contribution in [3.8, 4) is 0 Å². The molecule has 0 aromatic carbocycles. The Morgan fingerprint density at radius 2 is 2.38 bits per heavy atom. The standard InChI is InChI=1S/C10H13N3O3/c14-7-10(3-4-10)6-12-8-2-1-5-11-9(8)13(15)16/h1-2,5,12,14H,3-4,6-7H2. The lowest BCUT2D eigenvalue weighted by atomic mass is 10.1. The summed E-state index contributed by atoms with van der Waals surface area (Å²) in [4.78, 5) is 13.9. The minimum atomic E-state index is -0.513. The molecule has 1 heterocycles. The van der Waals surface area contributed by atoms with Gasteiger partial charge in [-0.1, -0.05) is 0 Å². The second-order valence-corrected chi connectivity index (χ2v) is 4.14. The van der Waals surface area contributed by atoms with Gasteiger partial charge in [0.1, 0.15) is 11.9 Å². The van der Waals surface area contributed by atoms with Crippen molar-refractivity contribution in [2.45, 2.75) is 12.8 Å². The van der Waals surface area contributed by atoms with Gasteiger partial charge in [0.25, 0.3) is 0 Å². The minimum Gasteiger partial charge on any atom is -0.396 e. The summed E-state index contributed by atoms with van der Waals surface area (Å²) >= 11 is 0. The van der Waals surface area contributed by atoms with Crippen LogP contribution in [0.2, 0.25) is 0 Å². The lowest BCUT2D eigenvalue weighted by Gasteiger charge is -2.13. The van der Waals surface area contributed by atoms with E-state index in [9.17, 15) is 10.1 Å². The number of anilines is 1. The predicted molar refractivity (Wildman–Crippen MR) is 58.1 cm³/mol. The summed E-state index contributed by atoms with van der Waals surface area (Å²) in [6.45, 7) is 0.671. The van der Waals surface area contributed by atoms with Crippen molar-refractivity contribution in [3.05, 3.63) is 28.4 Å². The van der Waals surface area contributed by atoms with Crippen LogP contribution < -0.4 is 5.32 Å². The molecule has 86 valence electrons. The van der Waals surface area contributed by atoms with Crippen molar-refractivity contribution in [3.63, 3.8) is 0 Å². The maximum atomic E-state index is 10.7. The number of nitro groups is 1. The van der Waals surface area contributed by atoms with Gasteiger partial charge in [-0.3, -0.25) is 0 Å². The number of aromatic nitrogens is 1. The fourth-order valence-electron chi connectivity index (χ4n) is 1.53. The molecule has 16 heavy (non-hydrogen) atoms. The highest BCUT2D eigenvalue weighted by Crippen LogP contribution is 2.45. The van der Waals surface area contributed by atoms with Crippen molar-refractivity contribution in [1.82, 2.24) is 4.98 Å². The Labute approximate surface area is 92.5 Å². The molecule has 6 nitrogen and oxygen atoms in total. The van der Waals surface area contributed by atoms with E-state index in [4.69, 9.17) is 5.11 Å². The monoisotopic (exact) mass is 223 g/mol. The molecular weight excluding hydrogens is 210 g/mol. The second-order valence-electron chi connectivity index (χ2n) is 4.14. The molecule has 2 N–H and O–H groups in total. The van der Waals surface area contributed by atoms with Crippen LogP contribution in [0.3, 0.4) is 0 Å². The third-order valence-electron chi connectivity index (χ3n) is 2.91. The summed E-state index contributed by atoms with van der Waals surface area (Å²) in [5.74, 6) is -0.170. The summed E-state index contributed by atoms with van der Waals surface area (Å²) in [6.07, 6.45) is 3.32. The number of aliphatic hydroxyl groups excluding tert-OH is 1. The van der Waals surface area contributed by atoms with Gasteiger partial charge < -0.3 is 20.5 Å². The van der Waals surface area contributed by atoms with Crippen LogP contribution in [0, 0.1) is 15.5 Å². The molecule has 0 bridgehead atoms. The van der Waals surface area contributed by atoms with Gasteiger partial charge in [-0.25, -0.2) is 0 Å². The molecule has 0 saturated heterocycles. The molecule has 1 aromatic heterocycles. The SMILES string of the molecule is O=[N+]([O-])c1ncccc1NCC1(CO)CC1. The average molecular weight is 223 g/mol. The molecule has 0 unspecified atom stereocenters. The van der Waals surface area contributed by atoms with Crippen molar-refractivity contribution in [1.29, 1.82) is 0 Å². The third-order valence-corrected chi connectivity index (χ3v) is 2.91. The molecule has 0 amide bonds. The van der Waals surface area contributed by atoms with Gasteiger partial charge in [-0.2, -0.15) is 0 Å². The zero-order valence-corrected chi connectivity index (χ0v) is 8.72. The highest BCUT2D eigenvalue weighted by Gasteiger charge is 2.42. The predicted octanol–water partition coefficient (Wildman–Crippen LogP) is 1.17. The Morgan fingerprint density at radius 1 is 1.62 bits per heavy atom. The van der Waals surface area contributed by atoms with Crippen molar-refractivity contribution >= 4 is 11.5 Å². The molecule has 0 atom stereocenters. The number of hydrogen-bond donors (Lipinski definition) is 2. The van der Waals surface area contributed by atoms with Gasteiger partial charge in [-0.15, -0.1) is 0 Å². The number of rotatable bonds is 5. The highest BCUT2D eigenvalue weighted by atomic mass is 16.6. The van der Waals surface area contributed by atoms with Crippen LogP contribution in [0.4, 0.5) is 11.5 Å². The lowest BCUT2D eigenvalue weighted by molar-refractivity contribution is -0.388. The Hall–Kier alpha value is -1.69. The molecular formula is C10H13N3O3. The summed E-state index contributed by atoms with van der Waals surface area (Å²) < 4.78 is 0. The number of aliphatic hydroxyl groups is 1.